The fourth-order valence-electron chi connectivity index (χ4n) is 1.98. The number of anilines is 1. The Bertz CT molecular complexity index is 444. The fourth-order valence-corrected chi connectivity index (χ4v) is 2.16. The summed E-state index contributed by atoms with van der Waals surface area (Å²) in [6.45, 7) is 5.78. The Hall–Kier alpha value is -1.42. The van der Waals surface area contributed by atoms with Gasteiger partial charge < -0.3 is 15.0 Å². The SMILES string of the molecule is CCCCN(CCCC)C(=O)Nc1cc(Cl)ccc1OC. The number of amides is 2. The Morgan fingerprint density at radius 3 is 2.38 bits per heavy atom. The first-order valence-corrected chi connectivity index (χ1v) is 7.89. The van der Waals surface area contributed by atoms with Gasteiger partial charge in [-0.2, -0.15) is 0 Å². The van der Waals surface area contributed by atoms with Gasteiger partial charge in [-0.1, -0.05) is 38.3 Å². The second kappa shape index (κ2) is 9.50. The topological polar surface area (TPSA) is 41.6 Å². The van der Waals surface area contributed by atoms with Crippen LogP contribution < -0.4 is 10.1 Å². The highest BCUT2D eigenvalue weighted by Crippen LogP contribution is 2.27. The first kappa shape index (κ1) is 17.6. The molecule has 0 atom stereocenters. The van der Waals surface area contributed by atoms with Gasteiger partial charge in [0.1, 0.15) is 5.75 Å². The van der Waals surface area contributed by atoms with Gasteiger partial charge in [-0.25, -0.2) is 4.79 Å². The number of rotatable bonds is 8. The highest BCUT2D eigenvalue weighted by atomic mass is 35.5. The summed E-state index contributed by atoms with van der Waals surface area (Å²) in [7, 11) is 1.57. The molecule has 0 aliphatic heterocycles. The number of methoxy groups -OCH3 is 1. The molecule has 1 aromatic carbocycles. The number of halogens is 1. The van der Waals surface area contributed by atoms with Crippen molar-refractivity contribution in [1.82, 2.24) is 4.90 Å². The second-order valence-electron chi connectivity index (χ2n) is 4.97. The van der Waals surface area contributed by atoms with E-state index in [2.05, 4.69) is 19.2 Å². The standard InChI is InChI=1S/C16H25ClN2O2/c1-4-6-10-19(11-7-5-2)16(20)18-14-12-13(17)8-9-15(14)21-3/h8-9,12H,4-7,10-11H2,1-3H3,(H,18,20). The van der Waals surface area contributed by atoms with Crippen LogP contribution in [0.1, 0.15) is 39.5 Å². The molecule has 0 unspecified atom stereocenters. The normalized spacial score (nSPS) is 10.3. The number of hydrogen-bond acceptors (Lipinski definition) is 2. The molecule has 0 radical (unpaired) electrons. The zero-order valence-electron chi connectivity index (χ0n) is 13.1. The van der Waals surface area contributed by atoms with E-state index in [0.29, 0.717) is 16.5 Å². The molecule has 1 aromatic rings. The lowest BCUT2D eigenvalue weighted by molar-refractivity contribution is 0.209. The Morgan fingerprint density at radius 1 is 1.24 bits per heavy atom. The quantitative estimate of drug-likeness (QED) is 0.750. The lowest BCUT2D eigenvalue weighted by atomic mass is 10.2. The van der Waals surface area contributed by atoms with Gasteiger partial charge in [0.05, 0.1) is 12.8 Å². The molecule has 0 spiro atoms. The molecule has 1 rings (SSSR count). The van der Waals surface area contributed by atoms with Crippen molar-refractivity contribution < 1.29 is 9.53 Å². The molecular formula is C16H25ClN2O2. The van der Waals surface area contributed by atoms with Crippen molar-refractivity contribution >= 4 is 23.3 Å². The number of urea groups is 1. The van der Waals surface area contributed by atoms with E-state index in [9.17, 15) is 4.79 Å². The van der Waals surface area contributed by atoms with Crippen LogP contribution in [-0.4, -0.2) is 31.1 Å². The minimum absolute atomic E-state index is 0.0996. The Morgan fingerprint density at radius 2 is 1.86 bits per heavy atom. The molecule has 0 saturated carbocycles. The van der Waals surface area contributed by atoms with Crippen molar-refractivity contribution in [1.29, 1.82) is 0 Å². The lowest BCUT2D eigenvalue weighted by Crippen LogP contribution is -2.36. The molecule has 21 heavy (non-hydrogen) atoms. The number of hydrogen-bond donors (Lipinski definition) is 1. The molecule has 2 amide bonds. The Balaban J connectivity index is 2.77. The highest BCUT2D eigenvalue weighted by Gasteiger charge is 2.15. The van der Waals surface area contributed by atoms with Gasteiger partial charge in [0, 0.05) is 18.1 Å². The molecule has 5 heteroatoms. The summed E-state index contributed by atoms with van der Waals surface area (Å²) in [4.78, 5) is 14.3. The van der Waals surface area contributed by atoms with Crippen LogP contribution in [0.4, 0.5) is 10.5 Å². The Kier molecular flexibility index (Phi) is 7.98. The van der Waals surface area contributed by atoms with Crippen LogP contribution in [0.3, 0.4) is 0 Å². The highest BCUT2D eigenvalue weighted by molar-refractivity contribution is 6.31. The number of nitrogens with one attached hydrogen (secondary N) is 1. The van der Waals surface area contributed by atoms with E-state index in [1.165, 1.54) is 0 Å². The Labute approximate surface area is 132 Å². The van der Waals surface area contributed by atoms with E-state index in [1.54, 1.807) is 25.3 Å². The molecule has 118 valence electrons. The van der Waals surface area contributed by atoms with Crippen molar-refractivity contribution in [2.75, 3.05) is 25.5 Å². The van der Waals surface area contributed by atoms with Crippen LogP contribution in [0, 0.1) is 0 Å². The predicted octanol–water partition coefficient (Wildman–Crippen LogP) is 4.78. The molecule has 0 bridgehead atoms. The second-order valence-corrected chi connectivity index (χ2v) is 5.41. The fraction of sp³-hybridized carbons (Fsp3) is 0.562. The molecule has 0 aliphatic rings. The first-order valence-electron chi connectivity index (χ1n) is 7.51. The predicted molar refractivity (Wildman–Crippen MR) is 88.4 cm³/mol. The van der Waals surface area contributed by atoms with E-state index in [-0.39, 0.29) is 6.03 Å². The summed E-state index contributed by atoms with van der Waals surface area (Å²) in [5.41, 5.74) is 0.605. The van der Waals surface area contributed by atoms with Crippen LogP contribution in [0.25, 0.3) is 0 Å². The largest absolute Gasteiger partial charge is 0.495 e. The minimum Gasteiger partial charge on any atom is -0.495 e. The molecular weight excluding hydrogens is 288 g/mol. The van der Waals surface area contributed by atoms with Crippen molar-refractivity contribution in [3.63, 3.8) is 0 Å². The van der Waals surface area contributed by atoms with Gasteiger partial charge in [-0.05, 0) is 31.0 Å². The maximum absolute atomic E-state index is 12.4. The molecule has 0 saturated heterocycles. The average molecular weight is 313 g/mol. The lowest BCUT2D eigenvalue weighted by Gasteiger charge is -2.23. The summed E-state index contributed by atoms with van der Waals surface area (Å²) in [5, 5.41) is 3.47. The summed E-state index contributed by atoms with van der Waals surface area (Å²) < 4.78 is 5.25. The van der Waals surface area contributed by atoms with Gasteiger partial charge >= 0.3 is 6.03 Å². The number of benzene rings is 1. The minimum atomic E-state index is -0.0996. The third-order valence-electron chi connectivity index (χ3n) is 3.25. The summed E-state index contributed by atoms with van der Waals surface area (Å²) in [5.74, 6) is 0.610. The van der Waals surface area contributed by atoms with Crippen LogP contribution in [0.5, 0.6) is 5.75 Å². The van der Waals surface area contributed by atoms with E-state index in [4.69, 9.17) is 16.3 Å². The summed E-state index contributed by atoms with van der Waals surface area (Å²) in [6.07, 6.45) is 4.14. The number of nitrogens with zero attached hydrogens (tertiary/aromatic N) is 1. The summed E-state index contributed by atoms with van der Waals surface area (Å²) >= 11 is 5.98. The number of carbonyl (C=O) groups excluding carboxylic acids is 1. The van der Waals surface area contributed by atoms with Gasteiger partial charge in [-0.3, -0.25) is 0 Å². The van der Waals surface area contributed by atoms with E-state index < -0.39 is 0 Å². The van der Waals surface area contributed by atoms with Crippen molar-refractivity contribution in [3.05, 3.63) is 23.2 Å². The van der Waals surface area contributed by atoms with Crippen LogP contribution in [-0.2, 0) is 0 Å². The first-order chi connectivity index (χ1) is 10.1. The average Bonchev–Trinajstić information content (AvgIpc) is 2.47. The zero-order chi connectivity index (χ0) is 15.7. The van der Waals surface area contributed by atoms with Crippen molar-refractivity contribution in [2.24, 2.45) is 0 Å². The molecule has 0 heterocycles. The van der Waals surface area contributed by atoms with E-state index >= 15 is 0 Å². The third kappa shape index (κ3) is 5.84. The summed E-state index contributed by atoms with van der Waals surface area (Å²) in [6, 6.07) is 5.09. The zero-order valence-corrected chi connectivity index (χ0v) is 13.9. The molecule has 0 aromatic heterocycles. The molecule has 1 N–H and O–H groups in total. The van der Waals surface area contributed by atoms with Gasteiger partial charge in [0.15, 0.2) is 0 Å². The maximum Gasteiger partial charge on any atom is 0.321 e. The number of ether oxygens (including phenoxy) is 1. The van der Waals surface area contributed by atoms with E-state index in [1.807, 2.05) is 4.90 Å². The van der Waals surface area contributed by atoms with Crippen molar-refractivity contribution in [3.8, 4) is 5.75 Å². The molecule has 0 aliphatic carbocycles. The smallest absolute Gasteiger partial charge is 0.321 e. The van der Waals surface area contributed by atoms with Gasteiger partial charge in [0.25, 0.3) is 0 Å². The van der Waals surface area contributed by atoms with Crippen LogP contribution in [0.15, 0.2) is 18.2 Å². The molecule has 0 fully saturated rings. The molecule has 4 nitrogen and oxygen atoms in total. The van der Waals surface area contributed by atoms with Crippen molar-refractivity contribution in [2.45, 2.75) is 39.5 Å². The van der Waals surface area contributed by atoms with Crippen LogP contribution >= 0.6 is 11.6 Å². The van der Waals surface area contributed by atoms with E-state index in [0.717, 1.165) is 38.8 Å². The van der Waals surface area contributed by atoms with Crippen LogP contribution in [0.2, 0.25) is 5.02 Å². The van der Waals surface area contributed by atoms with Gasteiger partial charge in [-0.15, -0.1) is 0 Å². The third-order valence-corrected chi connectivity index (χ3v) is 3.49. The van der Waals surface area contributed by atoms with Gasteiger partial charge in [0.2, 0.25) is 0 Å². The monoisotopic (exact) mass is 312 g/mol. The maximum atomic E-state index is 12.4. The number of unbranched alkanes of at least 4 members (excludes halogenated alkanes) is 2. The number of carbonyl (C=O) groups is 1.